The van der Waals surface area contributed by atoms with Crippen molar-refractivity contribution < 1.29 is 4.79 Å². The number of fused-ring (bicyclic) bond motifs is 1. The second-order valence-electron chi connectivity index (χ2n) is 13.7. The van der Waals surface area contributed by atoms with Gasteiger partial charge in [0.05, 0.1) is 11.4 Å². The van der Waals surface area contributed by atoms with E-state index in [1.54, 1.807) is 0 Å². The van der Waals surface area contributed by atoms with Gasteiger partial charge in [0.25, 0.3) is 0 Å². The average molecular weight is 675 g/mol. The van der Waals surface area contributed by atoms with Crippen LogP contribution in [0.4, 0.5) is 0 Å². The van der Waals surface area contributed by atoms with Crippen molar-refractivity contribution >= 4 is 42.1 Å². The quantitative estimate of drug-likeness (QED) is 0.0774. The number of aryl methyl sites for hydroxylation is 1. The van der Waals surface area contributed by atoms with Crippen LogP contribution < -0.4 is 21.3 Å². The molecule has 2 aliphatic heterocycles. The normalized spacial score (nSPS) is 18.0. The fourth-order valence-electron chi connectivity index (χ4n) is 6.60. The number of pyridine rings is 1. The van der Waals surface area contributed by atoms with E-state index in [-0.39, 0.29) is 5.91 Å². The Morgan fingerprint density at radius 3 is 2.29 bits per heavy atom. The van der Waals surface area contributed by atoms with E-state index in [9.17, 15) is 4.79 Å². The van der Waals surface area contributed by atoms with Crippen molar-refractivity contribution in [3.8, 4) is 22.4 Å². The molecule has 1 radical (unpaired) electrons. The summed E-state index contributed by atoms with van der Waals surface area (Å²) < 4.78 is 0. The number of hydrogen-bond acceptors (Lipinski definition) is 6. The van der Waals surface area contributed by atoms with Crippen LogP contribution in [0.15, 0.2) is 73.8 Å². The summed E-state index contributed by atoms with van der Waals surface area (Å²) in [7, 11) is 5.88. The molecular formula is C41H53BN5OS. The van der Waals surface area contributed by atoms with Gasteiger partial charge in [-0.1, -0.05) is 92.9 Å². The third kappa shape index (κ3) is 10.9. The molecule has 49 heavy (non-hydrogen) atoms. The van der Waals surface area contributed by atoms with Gasteiger partial charge >= 0.3 is 113 Å². The third-order valence-corrected chi connectivity index (χ3v) is 11.1. The van der Waals surface area contributed by atoms with E-state index in [1.165, 1.54) is 31.2 Å². The average Bonchev–Trinajstić information content (AvgIpc) is 3.66. The number of nitrogens with zero attached hydrogens (tertiary/aromatic N) is 1. The predicted molar refractivity (Wildman–Crippen MR) is 212 cm³/mol. The zero-order valence-corrected chi connectivity index (χ0v) is 30.3. The van der Waals surface area contributed by atoms with Crippen LogP contribution in [0, 0.1) is 6.92 Å². The number of hydrogen-bond donors (Lipinski definition) is 4. The Balaban J connectivity index is 0.914. The minimum atomic E-state index is 0.194. The topological polar surface area (TPSA) is 78.1 Å². The molecule has 2 fully saturated rings. The van der Waals surface area contributed by atoms with E-state index in [4.69, 9.17) is 12.5 Å². The molecule has 3 aromatic rings. The molecule has 6 nitrogen and oxygen atoms in total. The Morgan fingerprint density at radius 2 is 1.53 bits per heavy atom. The number of unbranched alkanes of at least 4 members (excludes halogenated alkanes) is 6. The summed E-state index contributed by atoms with van der Waals surface area (Å²) in [5, 5.41) is 13.9. The molecular weight excluding hydrogens is 621 g/mol. The monoisotopic (exact) mass is 674 g/mol. The number of carbonyl (C=O) groups excluding carboxylic acids is 1. The van der Waals surface area contributed by atoms with Crippen LogP contribution in [-0.4, -0.2) is 60.3 Å². The molecule has 4 N–H and O–H groups in total. The zero-order chi connectivity index (χ0) is 34.6. The summed E-state index contributed by atoms with van der Waals surface area (Å²) in [6, 6.07) is 22.3. The van der Waals surface area contributed by atoms with Gasteiger partial charge in [-0.3, -0.25) is 0 Å². The first kappa shape index (κ1) is 36.5. The van der Waals surface area contributed by atoms with Crippen molar-refractivity contribution in [2.24, 2.45) is 0 Å². The number of aromatic nitrogens is 1. The Hall–Kier alpha value is -3.78. The first-order valence-electron chi connectivity index (χ1n) is 18.1. The van der Waals surface area contributed by atoms with Crippen LogP contribution >= 0.6 is 11.8 Å². The Morgan fingerprint density at radius 1 is 0.857 bits per heavy atom. The van der Waals surface area contributed by atoms with Crippen molar-refractivity contribution in [2.45, 2.75) is 95.4 Å². The minimum absolute atomic E-state index is 0.194. The van der Waals surface area contributed by atoms with Crippen LogP contribution in [0.5, 0.6) is 0 Å². The molecule has 1 aromatic heterocycles. The Kier molecular flexibility index (Phi) is 13.6. The van der Waals surface area contributed by atoms with Crippen LogP contribution in [0.2, 0.25) is 0 Å². The first-order chi connectivity index (χ1) is 23.8. The second-order valence-corrected chi connectivity index (χ2v) is 15.0. The molecule has 1 amide bonds. The molecule has 0 aliphatic carbocycles. The molecule has 3 heterocycles. The molecule has 0 saturated carbocycles. The molecule has 8 heteroatoms. The fraction of sp³-hybridized carbons (Fsp3) is 0.439. The molecule has 2 saturated heterocycles. The molecule has 3 unspecified atom stereocenters. The number of thioether (sulfide) groups is 1. The molecule has 3 atom stereocenters. The number of rotatable bonds is 19. The van der Waals surface area contributed by atoms with Gasteiger partial charge < -0.3 is 5.32 Å². The molecule has 0 spiro atoms. The Labute approximate surface area is 299 Å². The first-order valence-corrected chi connectivity index (χ1v) is 19.1. The maximum atomic E-state index is 12.2. The third-order valence-electron chi connectivity index (χ3n) is 9.57. The summed E-state index contributed by atoms with van der Waals surface area (Å²) in [5.41, 5.74) is 10.2. The standard InChI is InChI=1S/C41H53BN5OS/c1-28(2)35-25-34(26-36(45-35)33-17-15-29(3)16-18-33)32-21-19-31(20-22-32)30(4)43-23-11-8-6-5-7-9-14-39(48)44-24-12-10-13-38-40-37(27-49-38)46-41(42)47-40/h15-22,25-26,37-38,40,43,46-47H,1,4-14,23-24,27H2,2-3H3,(H,44,48). The summed E-state index contributed by atoms with van der Waals surface area (Å²) in [4.78, 5) is 17.1. The van der Waals surface area contributed by atoms with Gasteiger partial charge in [0.1, 0.15) is 0 Å². The van der Waals surface area contributed by atoms with E-state index in [1.807, 2.05) is 18.7 Å². The number of amides is 1. The van der Waals surface area contributed by atoms with Crippen LogP contribution in [0.1, 0.15) is 88.0 Å². The molecule has 2 aliphatic rings. The van der Waals surface area contributed by atoms with E-state index in [2.05, 4.69) is 102 Å². The zero-order valence-electron chi connectivity index (χ0n) is 29.5. The molecule has 2 aromatic carbocycles. The number of nitrogens with one attached hydrogen (secondary N) is 4. The van der Waals surface area contributed by atoms with Gasteiger partial charge in [0.15, 0.2) is 0 Å². The van der Waals surface area contributed by atoms with Crippen molar-refractivity contribution in [3.63, 3.8) is 0 Å². The van der Waals surface area contributed by atoms with Crippen molar-refractivity contribution in [1.82, 2.24) is 26.3 Å². The SMILES string of the molecule is [B]=C1NC2CSC(CCCCNC(=O)CCCCCCCCNC(=C)c3ccc(-c4cc(C(=C)C)nc(-c5ccc(C)cc5)c4)cc3)C2N1. The van der Waals surface area contributed by atoms with Crippen LogP contribution in [-0.2, 0) is 4.79 Å². The molecule has 5 rings (SSSR count). The second kappa shape index (κ2) is 18.3. The van der Waals surface area contributed by atoms with Crippen molar-refractivity contribution in [1.29, 1.82) is 0 Å². The molecule has 257 valence electrons. The number of benzene rings is 2. The van der Waals surface area contributed by atoms with Gasteiger partial charge in [-0.25, -0.2) is 4.98 Å². The fourth-order valence-corrected chi connectivity index (χ4v) is 8.14. The van der Waals surface area contributed by atoms with Gasteiger partial charge in [-0.05, 0) is 54.7 Å². The predicted octanol–water partition coefficient (Wildman–Crippen LogP) is 7.64. The molecule has 0 bridgehead atoms. The van der Waals surface area contributed by atoms with E-state index in [0.29, 0.717) is 23.8 Å². The number of carbonyl (C=O) groups is 1. The Bertz CT molecular complexity index is 1590. The summed E-state index contributed by atoms with van der Waals surface area (Å²) in [6.07, 6.45) is 10.7. The number of allylic oxidation sites excluding steroid dienone is 1. The van der Waals surface area contributed by atoms with Crippen LogP contribution in [0.3, 0.4) is 0 Å². The van der Waals surface area contributed by atoms with E-state index < -0.39 is 0 Å². The van der Waals surface area contributed by atoms with Crippen LogP contribution in [0.25, 0.3) is 33.7 Å². The van der Waals surface area contributed by atoms with Gasteiger partial charge in [0, 0.05) is 17.8 Å². The summed E-state index contributed by atoms with van der Waals surface area (Å²) in [6.45, 7) is 14.2. The van der Waals surface area contributed by atoms with E-state index >= 15 is 0 Å². The van der Waals surface area contributed by atoms with E-state index in [0.717, 1.165) is 102 Å². The van der Waals surface area contributed by atoms with Gasteiger partial charge in [0.2, 0.25) is 0 Å². The van der Waals surface area contributed by atoms with Gasteiger partial charge in [-0.15, -0.1) is 0 Å². The maximum absolute atomic E-state index is 12.2. The summed E-state index contributed by atoms with van der Waals surface area (Å²) >= 11 is 2.03. The van der Waals surface area contributed by atoms with Crippen molar-refractivity contribution in [2.75, 3.05) is 18.8 Å². The van der Waals surface area contributed by atoms with Gasteiger partial charge in [-0.2, -0.15) is 0 Å². The van der Waals surface area contributed by atoms with Crippen molar-refractivity contribution in [3.05, 3.63) is 90.6 Å². The summed E-state index contributed by atoms with van der Waals surface area (Å²) in [5.74, 6) is 1.31.